The average Bonchev–Trinajstić information content (AvgIpc) is 2.75. The molecular weight excluding hydrogens is 395 g/mol. The molecule has 0 saturated carbocycles. The molecule has 0 aliphatic rings. The Morgan fingerprint density at radius 2 is 1.77 bits per heavy atom. The molecule has 5 nitrogen and oxygen atoms in total. The molecule has 3 aromatic rings. The van der Waals surface area contributed by atoms with Gasteiger partial charge in [-0.15, -0.1) is 0 Å². The molecule has 0 amide bonds. The molecule has 0 unspecified atom stereocenters. The third-order valence-electron chi connectivity index (χ3n) is 4.24. The number of ether oxygens (including phenoxy) is 2. The van der Waals surface area contributed by atoms with Crippen molar-refractivity contribution < 1.29 is 22.6 Å². The van der Waals surface area contributed by atoms with E-state index in [0.29, 0.717) is 18.0 Å². The molecule has 0 bridgehead atoms. The largest absolute Gasteiger partial charge is 0.494 e. The second kappa shape index (κ2) is 9.47. The van der Waals surface area contributed by atoms with Gasteiger partial charge in [-0.2, -0.15) is 18.2 Å². The summed E-state index contributed by atoms with van der Waals surface area (Å²) in [6.07, 6.45) is -3.02. The number of aromatic nitrogens is 2. The number of benzene rings is 2. The van der Waals surface area contributed by atoms with Crippen molar-refractivity contribution in [2.75, 3.05) is 18.6 Å². The Labute approximate surface area is 173 Å². The Balaban J connectivity index is 1.88. The van der Waals surface area contributed by atoms with Gasteiger partial charge >= 0.3 is 6.18 Å². The summed E-state index contributed by atoms with van der Waals surface area (Å²) in [6, 6.07) is 16.1. The van der Waals surface area contributed by atoms with Crippen LogP contribution in [0.5, 0.6) is 11.6 Å². The first-order chi connectivity index (χ1) is 14.4. The van der Waals surface area contributed by atoms with Crippen molar-refractivity contribution in [3.05, 3.63) is 71.9 Å². The molecule has 3 rings (SSSR count). The summed E-state index contributed by atoms with van der Waals surface area (Å²) in [5.41, 5.74) is 0.396. The van der Waals surface area contributed by atoms with Gasteiger partial charge in [0.2, 0.25) is 11.8 Å². The minimum atomic E-state index is -4.63. The van der Waals surface area contributed by atoms with E-state index in [0.717, 1.165) is 18.2 Å². The fraction of sp³-hybridized carbons (Fsp3) is 0.273. The first-order valence-corrected chi connectivity index (χ1v) is 9.46. The lowest BCUT2D eigenvalue weighted by atomic mass is 10.2. The van der Waals surface area contributed by atoms with Gasteiger partial charge in [0.25, 0.3) is 0 Å². The van der Waals surface area contributed by atoms with E-state index < -0.39 is 17.6 Å². The van der Waals surface area contributed by atoms with Gasteiger partial charge in [0.1, 0.15) is 17.9 Å². The van der Waals surface area contributed by atoms with Crippen molar-refractivity contribution in [3.63, 3.8) is 0 Å². The van der Waals surface area contributed by atoms with Crippen LogP contribution in [-0.4, -0.2) is 23.6 Å². The maximum atomic E-state index is 13.4. The fourth-order valence-corrected chi connectivity index (χ4v) is 2.67. The third-order valence-corrected chi connectivity index (χ3v) is 4.24. The van der Waals surface area contributed by atoms with Crippen LogP contribution in [-0.2, 0) is 12.8 Å². The number of halogens is 3. The molecule has 0 fully saturated rings. The molecule has 8 heteroatoms. The number of anilines is 2. The molecule has 2 aromatic carbocycles. The van der Waals surface area contributed by atoms with Crippen LogP contribution in [0.2, 0.25) is 0 Å². The van der Waals surface area contributed by atoms with Crippen LogP contribution in [0.1, 0.15) is 24.5 Å². The molecule has 0 atom stereocenters. The van der Waals surface area contributed by atoms with E-state index in [-0.39, 0.29) is 12.6 Å². The van der Waals surface area contributed by atoms with Crippen molar-refractivity contribution in [2.45, 2.75) is 26.1 Å². The monoisotopic (exact) mass is 417 g/mol. The summed E-state index contributed by atoms with van der Waals surface area (Å²) in [5.74, 6) is 0.231. The highest BCUT2D eigenvalue weighted by Crippen LogP contribution is 2.36. The summed E-state index contributed by atoms with van der Waals surface area (Å²) < 4.78 is 51.3. The van der Waals surface area contributed by atoms with E-state index in [9.17, 15) is 13.2 Å². The summed E-state index contributed by atoms with van der Waals surface area (Å²) in [7, 11) is 1.67. The summed E-state index contributed by atoms with van der Waals surface area (Å²) in [5, 5.41) is 0. The summed E-state index contributed by atoms with van der Waals surface area (Å²) in [4.78, 5) is 9.53. The average molecular weight is 417 g/mol. The van der Waals surface area contributed by atoms with E-state index in [1.165, 1.54) is 0 Å². The molecule has 1 heterocycles. The lowest BCUT2D eigenvalue weighted by molar-refractivity contribution is -0.139. The number of hydrogen-bond donors (Lipinski definition) is 0. The van der Waals surface area contributed by atoms with Crippen LogP contribution in [0.3, 0.4) is 0 Å². The van der Waals surface area contributed by atoms with Crippen molar-refractivity contribution >= 4 is 11.6 Å². The number of nitrogens with zero attached hydrogens (tertiary/aromatic N) is 3. The highest BCUT2D eigenvalue weighted by molar-refractivity contribution is 5.59. The minimum Gasteiger partial charge on any atom is -0.494 e. The van der Waals surface area contributed by atoms with Crippen LogP contribution in [0.15, 0.2) is 60.8 Å². The first-order valence-electron chi connectivity index (χ1n) is 9.46. The number of alkyl halides is 3. The molecule has 1 aromatic heterocycles. The third kappa shape index (κ3) is 5.40. The smallest absolute Gasteiger partial charge is 0.423 e. The topological polar surface area (TPSA) is 47.5 Å². The molecular formula is C22H22F3N3O2. The van der Waals surface area contributed by atoms with Crippen LogP contribution in [0.4, 0.5) is 24.8 Å². The highest BCUT2D eigenvalue weighted by Gasteiger charge is 2.36. The van der Waals surface area contributed by atoms with Crippen LogP contribution >= 0.6 is 0 Å². The Morgan fingerprint density at radius 1 is 1.00 bits per heavy atom. The Hall–Kier alpha value is -3.29. The predicted octanol–water partition coefficient (Wildman–Crippen LogP) is 5.63. The zero-order chi connectivity index (χ0) is 21.6. The van der Waals surface area contributed by atoms with E-state index >= 15 is 0 Å². The maximum Gasteiger partial charge on any atom is 0.423 e. The second-order valence-corrected chi connectivity index (χ2v) is 6.57. The van der Waals surface area contributed by atoms with Crippen molar-refractivity contribution in [2.24, 2.45) is 0 Å². The van der Waals surface area contributed by atoms with Gasteiger partial charge in [-0.1, -0.05) is 43.3 Å². The standard InChI is InChI=1S/C22H22F3N3O2/c1-3-12-29-18-11-7-10-17(13-18)28(2)21-26-14-19(22(23,24)25)20(27-21)30-15-16-8-5-4-6-9-16/h4-11,13-14H,3,12,15H2,1-2H3. The molecule has 30 heavy (non-hydrogen) atoms. The summed E-state index contributed by atoms with van der Waals surface area (Å²) in [6.45, 7) is 2.54. The Kier molecular flexibility index (Phi) is 6.76. The molecule has 0 aliphatic carbocycles. The minimum absolute atomic E-state index is 0.0373. The summed E-state index contributed by atoms with van der Waals surface area (Å²) >= 11 is 0. The lowest BCUT2D eigenvalue weighted by Gasteiger charge is -2.20. The zero-order valence-electron chi connectivity index (χ0n) is 16.7. The van der Waals surface area contributed by atoms with Gasteiger partial charge in [-0.3, -0.25) is 0 Å². The van der Waals surface area contributed by atoms with E-state index in [1.54, 1.807) is 54.4 Å². The Morgan fingerprint density at radius 3 is 2.47 bits per heavy atom. The van der Waals surface area contributed by atoms with Crippen LogP contribution < -0.4 is 14.4 Å². The van der Waals surface area contributed by atoms with E-state index in [2.05, 4.69) is 9.97 Å². The number of rotatable bonds is 8. The predicted molar refractivity (Wildman–Crippen MR) is 108 cm³/mol. The van der Waals surface area contributed by atoms with E-state index in [4.69, 9.17) is 9.47 Å². The van der Waals surface area contributed by atoms with Gasteiger partial charge in [-0.25, -0.2) is 4.98 Å². The van der Waals surface area contributed by atoms with Gasteiger partial charge in [-0.05, 0) is 24.1 Å². The van der Waals surface area contributed by atoms with Crippen molar-refractivity contribution in [3.8, 4) is 11.6 Å². The van der Waals surface area contributed by atoms with Crippen molar-refractivity contribution in [1.29, 1.82) is 0 Å². The normalized spacial score (nSPS) is 11.2. The number of hydrogen-bond acceptors (Lipinski definition) is 5. The SMILES string of the molecule is CCCOc1cccc(N(C)c2ncc(C(F)(F)F)c(OCc3ccccc3)n2)c1. The highest BCUT2D eigenvalue weighted by atomic mass is 19.4. The van der Waals surface area contributed by atoms with Crippen LogP contribution in [0.25, 0.3) is 0 Å². The van der Waals surface area contributed by atoms with Gasteiger partial charge in [0, 0.05) is 25.0 Å². The molecule has 0 aliphatic heterocycles. The molecule has 0 spiro atoms. The van der Waals surface area contributed by atoms with Crippen molar-refractivity contribution in [1.82, 2.24) is 9.97 Å². The Bertz CT molecular complexity index is 965. The lowest BCUT2D eigenvalue weighted by Crippen LogP contribution is -2.17. The van der Waals surface area contributed by atoms with Gasteiger partial charge in [0.15, 0.2) is 0 Å². The molecule has 0 N–H and O–H groups in total. The molecule has 0 saturated heterocycles. The molecule has 158 valence electrons. The van der Waals surface area contributed by atoms with Gasteiger partial charge in [0.05, 0.1) is 6.61 Å². The van der Waals surface area contributed by atoms with Crippen LogP contribution in [0, 0.1) is 0 Å². The van der Waals surface area contributed by atoms with Gasteiger partial charge < -0.3 is 14.4 Å². The maximum absolute atomic E-state index is 13.4. The second-order valence-electron chi connectivity index (χ2n) is 6.57. The van der Waals surface area contributed by atoms with E-state index in [1.807, 2.05) is 19.1 Å². The zero-order valence-corrected chi connectivity index (χ0v) is 16.7. The quantitative estimate of drug-likeness (QED) is 0.475. The molecule has 0 radical (unpaired) electrons. The first kappa shape index (κ1) is 21.4. The fourth-order valence-electron chi connectivity index (χ4n) is 2.67.